The van der Waals surface area contributed by atoms with Crippen LogP contribution in [-0.2, 0) is 11.2 Å². The number of aromatic nitrogens is 4. The number of allylic oxidation sites excluding steroid dienone is 6. The summed E-state index contributed by atoms with van der Waals surface area (Å²) >= 11 is 9.75. The highest BCUT2D eigenvalue weighted by Crippen LogP contribution is 2.62. The number of methoxy groups -OCH3 is 2. The standard InChI is InChI=1S/C77H34N12O7S7/c1-76(2)47-19-53(99-70(47)74-51(95-76)21-55(101-74)72-49(93-5)17-37(97-72)15-45-57(35(27-82)28-83)41-11-31(23-78)33(25-80)13-43(41)67(45)90)59-62-63(87-66-61(86-62)39-9-7-8-10-40(39)69(66)92)60(65-64(59)88-103-89-65)54-20-48-71(100-54)75-52(96-77(48,3)4)22-56(102-75)73-50(94-6)18-38(98-73)16-46-58(36(29-84)30-85)42-12-32(24-79)34(26-81)14-44(42)68(46)91/h7-22H,1-6H3/b45-15-,46-16-. The number of hydrogen-bond acceptors (Lipinski definition) is 26. The van der Waals surface area contributed by atoms with Crippen molar-refractivity contribution in [1.82, 2.24) is 18.7 Å². The molecular formula is C77H34N12O7S7. The third-order valence-corrected chi connectivity index (χ3v) is 26.3. The number of nitrogens with zero attached hydrogens (tertiary/aromatic N) is 12. The number of thiophene rings is 6. The van der Waals surface area contributed by atoms with Crippen molar-refractivity contribution in [2.45, 2.75) is 38.9 Å². The number of nitriles is 8. The summed E-state index contributed by atoms with van der Waals surface area (Å²) in [5.74, 6) is 0.944. The molecule has 0 N–H and O–H groups in total. The van der Waals surface area contributed by atoms with Crippen molar-refractivity contribution in [1.29, 1.82) is 42.1 Å². The van der Waals surface area contributed by atoms with Gasteiger partial charge in [-0.25, -0.2) is 9.97 Å². The van der Waals surface area contributed by atoms with Crippen LogP contribution in [0.15, 0.2) is 107 Å². The summed E-state index contributed by atoms with van der Waals surface area (Å²) in [5, 5.41) is 79.9. The molecule has 0 fully saturated rings. The molecule has 12 aromatic rings. The van der Waals surface area contributed by atoms with Crippen molar-refractivity contribution >= 4 is 142 Å². The highest BCUT2D eigenvalue weighted by molar-refractivity contribution is 7.29. The van der Waals surface area contributed by atoms with Gasteiger partial charge < -0.3 is 18.9 Å². The lowest BCUT2D eigenvalue weighted by Crippen LogP contribution is -2.27. The van der Waals surface area contributed by atoms with Gasteiger partial charge in [0.05, 0.1) is 87.2 Å². The fraction of sp³-hybridized carbons (Fsp3) is 0.104. The van der Waals surface area contributed by atoms with Gasteiger partial charge in [-0.1, -0.05) is 24.3 Å². The topological polar surface area (TPSA) is 330 Å². The van der Waals surface area contributed by atoms with Crippen LogP contribution in [0.2, 0.25) is 0 Å². The lowest BCUT2D eigenvalue weighted by atomic mass is 9.93. The molecule has 26 heteroatoms. The van der Waals surface area contributed by atoms with Crippen LogP contribution in [0.25, 0.3) is 117 Å². The van der Waals surface area contributed by atoms with E-state index in [0.29, 0.717) is 92.5 Å². The maximum absolute atomic E-state index is 14.6. The second-order valence-corrected chi connectivity index (χ2v) is 31.8. The highest BCUT2D eigenvalue weighted by atomic mass is 32.1. The number of rotatable bonds is 8. The Morgan fingerprint density at radius 3 is 1.24 bits per heavy atom. The maximum Gasteiger partial charge on any atom is 0.214 e. The van der Waals surface area contributed by atoms with E-state index in [0.717, 1.165) is 61.9 Å². The number of hydrogen-bond donors (Lipinski definition) is 0. The molecule has 3 aliphatic carbocycles. The zero-order valence-electron chi connectivity index (χ0n) is 53.8. The van der Waals surface area contributed by atoms with Gasteiger partial charge >= 0.3 is 0 Å². The summed E-state index contributed by atoms with van der Waals surface area (Å²) < 4.78 is 36.0. The number of fused-ring (bicyclic) bond motifs is 13. The molecule has 17 rings (SSSR count). The Hall–Kier alpha value is -12.7. The van der Waals surface area contributed by atoms with Gasteiger partial charge in [-0.15, -0.1) is 68.0 Å². The first-order chi connectivity index (χ1) is 49.8. The number of carbonyl (C=O) groups is 3. The van der Waals surface area contributed by atoms with Crippen LogP contribution in [0.1, 0.15) is 119 Å². The molecule has 0 saturated carbocycles. The van der Waals surface area contributed by atoms with E-state index in [-0.39, 0.29) is 89.4 Å². The minimum absolute atomic E-state index is 0.00243. The Morgan fingerprint density at radius 2 is 0.835 bits per heavy atom. The van der Waals surface area contributed by atoms with Crippen molar-refractivity contribution < 1.29 is 33.3 Å². The Morgan fingerprint density at radius 1 is 0.437 bits per heavy atom. The van der Waals surface area contributed by atoms with E-state index < -0.39 is 22.8 Å². The van der Waals surface area contributed by atoms with E-state index in [1.54, 1.807) is 48.8 Å². The van der Waals surface area contributed by atoms with Crippen LogP contribution in [0.5, 0.6) is 23.0 Å². The molecule has 0 bridgehead atoms. The minimum atomic E-state index is -0.886. The summed E-state index contributed by atoms with van der Waals surface area (Å²) in [7, 11) is 3.08. The van der Waals surface area contributed by atoms with E-state index in [4.69, 9.17) is 37.7 Å². The molecule has 5 aliphatic rings. The Kier molecular flexibility index (Phi) is 14.4. The molecule has 0 atom stereocenters. The Bertz CT molecular complexity index is 6580. The van der Waals surface area contributed by atoms with Gasteiger partial charge in [-0.3, -0.25) is 14.4 Å². The second-order valence-electron chi connectivity index (χ2n) is 24.9. The first-order valence-electron chi connectivity index (χ1n) is 30.9. The number of carbonyl (C=O) groups excluding carboxylic acids is 3. The molecule has 2 aliphatic heterocycles. The van der Waals surface area contributed by atoms with E-state index in [1.807, 2.05) is 107 Å². The lowest BCUT2D eigenvalue weighted by Gasteiger charge is -2.31. The lowest BCUT2D eigenvalue weighted by molar-refractivity contribution is 0.103. The third-order valence-electron chi connectivity index (χ3n) is 18.5. The SMILES string of the molecule is COc1cc(/C=C2\C(=O)c3cc(C#N)c(C#N)cc3C2=C(C#N)C#N)sc1-c1cc2c(s1)-c1sc(-c3c4nsnc4c(-c4cc5c(s4)-c4sc(-c6sc(/C=C7\C(=O)c8cc(C#N)c(C#N)cc8C7=C(C#N)C#N)cc6OC)cc4OC5(C)C)c4nc5c(nc34)C(=O)c3ccccc3-5)cc1C(C)(C)O2. The molecule has 0 radical (unpaired) electrons. The molecule has 8 aromatic heterocycles. The monoisotopic (exact) mass is 1460 g/mol. The van der Waals surface area contributed by atoms with Crippen molar-refractivity contribution in [2.24, 2.45) is 0 Å². The molecular weight excluding hydrogens is 1430 g/mol. The van der Waals surface area contributed by atoms with Crippen molar-refractivity contribution in [3.05, 3.63) is 184 Å². The fourth-order valence-electron chi connectivity index (χ4n) is 13.8. The third kappa shape index (κ3) is 9.32. The van der Waals surface area contributed by atoms with Crippen LogP contribution < -0.4 is 18.9 Å². The zero-order chi connectivity index (χ0) is 71.6. The van der Waals surface area contributed by atoms with Crippen LogP contribution in [0, 0.1) is 90.6 Å². The summed E-state index contributed by atoms with van der Waals surface area (Å²) in [6.45, 7) is 8.00. The molecule has 0 amide bonds. The Labute approximate surface area is 611 Å². The van der Waals surface area contributed by atoms with E-state index in [2.05, 4.69) is 12.1 Å². The van der Waals surface area contributed by atoms with Crippen LogP contribution in [0.4, 0.5) is 0 Å². The summed E-state index contributed by atoms with van der Waals surface area (Å²) in [6, 6.07) is 39.9. The van der Waals surface area contributed by atoms with E-state index in [1.165, 1.54) is 88.1 Å². The molecule has 0 saturated heterocycles. The average molecular weight is 1460 g/mol. The number of benzene rings is 4. The average Bonchev–Trinajstić information content (AvgIpc) is 1.57. The van der Waals surface area contributed by atoms with Gasteiger partial charge in [-0.05, 0) is 99.5 Å². The highest BCUT2D eigenvalue weighted by Gasteiger charge is 2.43. The van der Waals surface area contributed by atoms with Gasteiger partial charge in [-0.2, -0.15) is 50.8 Å². The summed E-state index contributed by atoms with van der Waals surface area (Å²) in [6.07, 6.45) is 3.19. The minimum Gasteiger partial charge on any atom is -0.495 e. The van der Waals surface area contributed by atoms with Gasteiger partial charge in [0.1, 0.15) is 127 Å². The molecule has 103 heavy (non-hydrogen) atoms. The fourth-order valence-corrected chi connectivity index (χ4v) is 21.9. The van der Waals surface area contributed by atoms with Gasteiger partial charge in [0.25, 0.3) is 0 Å². The number of ketones is 3. The maximum atomic E-state index is 14.6. The van der Waals surface area contributed by atoms with Crippen LogP contribution >= 0.6 is 79.7 Å². The van der Waals surface area contributed by atoms with Gasteiger partial charge in [0.2, 0.25) is 5.78 Å². The largest absolute Gasteiger partial charge is 0.495 e. The van der Waals surface area contributed by atoms with Crippen molar-refractivity contribution in [2.75, 3.05) is 14.2 Å². The van der Waals surface area contributed by atoms with Gasteiger partial charge in [0, 0.05) is 98.4 Å². The van der Waals surface area contributed by atoms with Crippen molar-refractivity contribution in [3.8, 4) is 143 Å². The smallest absolute Gasteiger partial charge is 0.214 e. The predicted molar refractivity (Wildman–Crippen MR) is 392 cm³/mol. The van der Waals surface area contributed by atoms with Gasteiger partial charge in [0.15, 0.2) is 11.6 Å². The van der Waals surface area contributed by atoms with Crippen molar-refractivity contribution in [3.63, 3.8) is 0 Å². The second kappa shape index (κ2) is 23.2. The summed E-state index contributed by atoms with van der Waals surface area (Å²) in [4.78, 5) is 63.1. The number of Topliss-reactive ketones (excluding diaryl/α,β-unsaturated/α-hetero) is 2. The number of ether oxygens (including phenoxy) is 4. The van der Waals surface area contributed by atoms with Crippen LogP contribution in [0.3, 0.4) is 0 Å². The summed E-state index contributed by atoms with van der Waals surface area (Å²) in [5.41, 5.74) is 5.40. The van der Waals surface area contributed by atoms with E-state index >= 15 is 0 Å². The first-order valence-corrected chi connectivity index (χ1v) is 36.5. The first kappa shape index (κ1) is 63.8. The Balaban J connectivity index is 0.778. The molecule has 486 valence electrons. The normalized spacial score (nSPS) is 15.0. The predicted octanol–water partition coefficient (Wildman–Crippen LogP) is 18.1. The van der Waals surface area contributed by atoms with Crippen LogP contribution in [-0.4, -0.2) is 50.3 Å². The van der Waals surface area contributed by atoms with E-state index in [9.17, 15) is 56.5 Å². The molecule has 19 nitrogen and oxygen atoms in total. The quantitative estimate of drug-likeness (QED) is 0.101. The molecule has 4 aromatic carbocycles. The molecule has 0 unspecified atom stereocenters. The molecule has 0 spiro atoms. The zero-order valence-corrected chi connectivity index (χ0v) is 59.5. The molecule has 10 heterocycles.